The summed E-state index contributed by atoms with van der Waals surface area (Å²) in [5.41, 5.74) is -0.720. The number of hydrogen-bond donors (Lipinski definition) is 1. The Balaban J connectivity index is 2.80. The molecule has 1 N–H and O–H groups in total. The maximum atomic E-state index is 12.8. The van der Waals surface area contributed by atoms with Crippen molar-refractivity contribution in [1.82, 2.24) is 10.3 Å². The molecule has 18 heavy (non-hydrogen) atoms. The third-order valence-corrected chi connectivity index (χ3v) is 4.28. The average molecular weight is 298 g/mol. The summed E-state index contributed by atoms with van der Waals surface area (Å²) in [5.74, 6) is 1.43. The van der Waals surface area contributed by atoms with Crippen molar-refractivity contribution >= 4 is 23.1 Å². The molecule has 0 saturated heterocycles. The molecular formula is C11H17F3N2S2. The Morgan fingerprint density at radius 2 is 2.06 bits per heavy atom. The van der Waals surface area contributed by atoms with Crippen molar-refractivity contribution in [2.45, 2.75) is 38.7 Å². The van der Waals surface area contributed by atoms with Crippen molar-refractivity contribution < 1.29 is 13.2 Å². The Bertz CT molecular complexity index is 364. The van der Waals surface area contributed by atoms with Crippen LogP contribution in [-0.4, -0.2) is 17.3 Å². The monoisotopic (exact) mass is 298 g/mol. The molecule has 1 aromatic heterocycles. The maximum absolute atomic E-state index is 12.8. The zero-order valence-electron chi connectivity index (χ0n) is 10.4. The second-order valence-electron chi connectivity index (χ2n) is 3.69. The predicted octanol–water partition coefficient (Wildman–Crippen LogP) is 3.91. The first kappa shape index (κ1) is 15.8. The number of thiazole rings is 1. The fourth-order valence-electron chi connectivity index (χ4n) is 1.37. The number of hydrogen-bond acceptors (Lipinski definition) is 4. The lowest BCUT2D eigenvalue weighted by Crippen LogP contribution is -2.17. The zero-order valence-corrected chi connectivity index (χ0v) is 12.1. The first-order valence-electron chi connectivity index (χ1n) is 5.83. The van der Waals surface area contributed by atoms with Gasteiger partial charge in [0.1, 0.15) is 5.01 Å². The normalized spacial score (nSPS) is 12.1. The smallest absolute Gasteiger partial charge is 0.312 e. The van der Waals surface area contributed by atoms with E-state index >= 15 is 0 Å². The van der Waals surface area contributed by atoms with Crippen LogP contribution in [0.4, 0.5) is 13.2 Å². The summed E-state index contributed by atoms with van der Waals surface area (Å²) in [6.45, 7) is 4.92. The van der Waals surface area contributed by atoms with Crippen LogP contribution < -0.4 is 5.32 Å². The first-order chi connectivity index (χ1) is 8.49. The molecule has 0 unspecified atom stereocenters. The lowest BCUT2D eigenvalue weighted by atomic mass is 10.3. The highest BCUT2D eigenvalue weighted by atomic mass is 32.2. The summed E-state index contributed by atoms with van der Waals surface area (Å²) in [5, 5.41) is 3.55. The molecule has 0 fully saturated rings. The Morgan fingerprint density at radius 1 is 1.33 bits per heavy atom. The molecule has 0 saturated carbocycles. The van der Waals surface area contributed by atoms with Gasteiger partial charge in [-0.1, -0.05) is 13.8 Å². The third-order valence-electron chi connectivity index (χ3n) is 2.15. The summed E-state index contributed by atoms with van der Waals surface area (Å²) in [6.07, 6.45) is -3.45. The molecule has 0 aromatic carbocycles. The summed E-state index contributed by atoms with van der Waals surface area (Å²) in [7, 11) is 0. The number of nitrogens with zero attached hydrogens (tertiary/aromatic N) is 1. The van der Waals surface area contributed by atoms with Gasteiger partial charge in [0.05, 0.1) is 4.88 Å². The topological polar surface area (TPSA) is 24.9 Å². The molecule has 0 atom stereocenters. The largest absolute Gasteiger partial charge is 0.434 e. The molecule has 0 aliphatic rings. The minimum absolute atomic E-state index is 0.247. The van der Waals surface area contributed by atoms with Gasteiger partial charge in [-0.15, -0.1) is 11.3 Å². The van der Waals surface area contributed by atoms with Gasteiger partial charge in [0.15, 0.2) is 5.69 Å². The Kier molecular flexibility index (Phi) is 6.45. The highest BCUT2D eigenvalue weighted by Gasteiger charge is 2.37. The minimum Gasteiger partial charge on any atom is -0.312 e. The van der Waals surface area contributed by atoms with Gasteiger partial charge in [-0.2, -0.15) is 24.9 Å². The lowest BCUT2D eigenvalue weighted by Gasteiger charge is -2.06. The van der Waals surface area contributed by atoms with Crippen LogP contribution in [0.3, 0.4) is 0 Å². The van der Waals surface area contributed by atoms with Gasteiger partial charge in [-0.3, -0.25) is 0 Å². The summed E-state index contributed by atoms with van der Waals surface area (Å²) >= 11 is 2.74. The minimum atomic E-state index is -4.35. The van der Waals surface area contributed by atoms with Crippen LogP contribution in [0.2, 0.25) is 0 Å². The molecule has 0 spiro atoms. The van der Waals surface area contributed by atoms with Crippen LogP contribution in [0.1, 0.15) is 35.8 Å². The fourth-order valence-corrected chi connectivity index (χ4v) is 3.15. The van der Waals surface area contributed by atoms with Crippen molar-refractivity contribution in [2.24, 2.45) is 0 Å². The lowest BCUT2D eigenvalue weighted by molar-refractivity contribution is -0.141. The SMILES string of the molecule is CCCNCc1sc(CSCC)nc1C(F)(F)F. The molecule has 0 bridgehead atoms. The second-order valence-corrected chi connectivity index (χ2v) is 6.13. The van der Waals surface area contributed by atoms with E-state index < -0.39 is 11.9 Å². The summed E-state index contributed by atoms with van der Waals surface area (Å²) in [4.78, 5) is 4.02. The Labute approximate surface area is 113 Å². The van der Waals surface area contributed by atoms with Gasteiger partial charge in [0.25, 0.3) is 0 Å². The molecule has 1 heterocycles. The molecule has 0 amide bonds. The van der Waals surface area contributed by atoms with Crippen LogP contribution in [0.25, 0.3) is 0 Å². The van der Waals surface area contributed by atoms with Crippen molar-refractivity contribution in [3.63, 3.8) is 0 Å². The number of alkyl halides is 3. The third kappa shape index (κ3) is 4.78. The van der Waals surface area contributed by atoms with Gasteiger partial charge in [-0.25, -0.2) is 4.98 Å². The summed E-state index contributed by atoms with van der Waals surface area (Å²) in [6, 6.07) is 0. The number of thioether (sulfide) groups is 1. The number of rotatable bonds is 7. The predicted molar refractivity (Wildman–Crippen MR) is 70.9 cm³/mol. The van der Waals surface area contributed by atoms with Crippen LogP contribution in [0.5, 0.6) is 0 Å². The van der Waals surface area contributed by atoms with Crippen molar-refractivity contribution in [3.8, 4) is 0 Å². The average Bonchev–Trinajstić information content (AvgIpc) is 2.70. The first-order valence-corrected chi connectivity index (χ1v) is 7.80. The fraction of sp³-hybridized carbons (Fsp3) is 0.727. The van der Waals surface area contributed by atoms with Crippen molar-refractivity contribution in [1.29, 1.82) is 0 Å². The van der Waals surface area contributed by atoms with E-state index in [4.69, 9.17) is 0 Å². The number of nitrogens with one attached hydrogen (secondary N) is 1. The van der Waals surface area contributed by atoms with Gasteiger partial charge in [-0.05, 0) is 18.7 Å². The van der Waals surface area contributed by atoms with E-state index in [0.717, 1.165) is 23.5 Å². The van der Waals surface area contributed by atoms with Crippen LogP contribution in [0.15, 0.2) is 0 Å². The highest BCUT2D eigenvalue weighted by molar-refractivity contribution is 7.98. The van der Waals surface area contributed by atoms with E-state index in [1.807, 2.05) is 13.8 Å². The van der Waals surface area contributed by atoms with E-state index in [1.54, 1.807) is 11.8 Å². The molecule has 0 aliphatic carbocycles. The van der Waals surface area contributed by atoms with E-state index in [9.17, 15) is 13.2 Å². The molecular weight excluding hydrogens is 281 g/mol. The molecule has 7 heteroatoms. The second kappa shape index (κ2) is 7.35. The maximum Gasteiger partial charge on any atom is 0.434 e. The van der Waals surface area contributed by atoms with E-state index in [2.05, 4.69) is 10.3 Å². The highest BCUT2D eigenvalue weighted by Crippen LogP contribution is 2.35. The van der Waals surface area contributed by atoms with Crippen LogP contribution in [-0.2, 0) is 18.5 Å². The van der Waals surface area contributed by atoms with Crippen molar-refractivity contribution in [2.75, 3.05) is 12.3 Å². The van der Waals surface area contributed by atoms with Gasteiger partial charge >= 0.3 is 6.18 Å². The Hall–Kier alpha value is -0.270. The zero-order chi connectivity index (χ0) is 13.6. The number of aromatic nitrogens is 1. The molecule has 1 aromatic rings. The molecule has 2 nitrogen and oxygen atoms in total. The van der Waals surface area contributed by atoms with Gasteiger partial charge in [0.2, 0.25) is 0 Å². The standard InChI is InChI=1S/C11H17F3N2S2/c1-3-5-15-6-8-10(11(12,13)14)16-9(18-8)7-17-4-2/h15H,3-7H2,1-2H3. The van der Waals surface area contributed by atoms with Crippen LogP contribution in [0, 0.1) is 0 Å². The van der Waals surface area contributed by atoms with E-state index in [1.165, 1.54) is 0 Å². The van der Waals surface area contributed by atoms with Crippen LogP contribution >= 0.6 is 23.1 Å². The van der Waals surface area contributed by atoms with Gasteiger partial charge < -0.3 is 5.32 Å². The Morgan fingerprint density at radius 3 is 2.61 bits per heavy atom. The number of halogens is 3. The van der Waals surface area contributed by atoms with E-state index in [-0.39, 0.29) is 6.54 Å². The molecule has 0 radical (unpaired) electrons. The van der Waals surface area contributed by atoms with Gasteiger partial charge in [0, 0.05) is 12.3 Å². The quantitative estimate of drug-likeness (QED) is 0.772. The summed E-state index contributed by atoms with van der Waals surface area (Å²) < 4.78 is 38.4. The molecule has 1 rings (SSSR count). The molecule has 0 aliphatic heterocycles. The molecule has 104 valence electrons. The van der Waals surface area contributed by atoms with E-state index in [0.29, 0.717) is 22.2 Å². The van der Waals surface area contributed by atoms with Crippen molar-refractivity contribution in [3.05, 3.63) is 15.6 Å².